The van der Waals surface area contributed by atoms with Crippen LogP contribution in [0.2, 0.25) is 0 Å². The van der Waals surface area contributed by atoms with Gasteiger partial charge in [-0.15, -0.1) is 0 Å². The second-order valence-corrected chi connectivity index (χ2v) is 11.7. The summed E-state index contributed by atoms with van der Waals surface area (Å²) >= 11 is 3.42. The number of benzene rings is 4. The molecule has 7 nitrogen and oxygen atoms in total. The van der Waals surface area contributed by atoms with Gasteiger partial charge in [-0.2, -0.15) is 0 Å². The quantitative estimate of drug-likeness (QED) is 0.180. The zero-order valence-corrected chi connectivity index (χ0v) is 25.3. The van der Waals surface area contributed by atoms with Crippen molar-refractivity contribution in [1.82, 2.24) is 20.1 Å². The van der Waals surface area contributed by atoms with Crippen molar-refractivity contribution in [3.05, 3.63) is 137 Å². The topological polar surface area (TPSA) is 80.5 Å². The number of hydrogen-bond donors (Lipinski definition) is 3. The molecule has 1 fully saturated rings. The van der Waals surface area contributed by atoms with Crippen LogP contribution in [0.1, 0.15) is 22.7 Å². The number of nitrogens with one attached hydrogen (secondary N) is 3. The molecule has 1 aromatic heterocycles. The van der Waals surface area contributed by atoms with E-state index < -0.39 is 12.1 Å². The molecule has 5 aromatic rings. The lowest BCUT2D eigenvalue weighted by Gasteiger charge is -2.40. The molecule has 0 radical (unpaired) electrons. The number of aromatic nitrogens is 1. The van der Waals surface area contributed by atoms with Gasteiger partial charge in [0.15, 0.2) is 0 Å². The molecule has 1 saturated heterocycles. The maximum absolute atomic E-state index is 14.1. The van der Waals surface area contributed by atoms with E-state index in [1.807, 2.05) is 71.8 Å². The first-order valence-corrected chi connectivity index (χ1v) is 15.4. The van der Waals surface area contributed by atoms with E-state index in [0.717, 1.165) is 34.0 Å². The molecule has 0 saturated carbocycles. The third-order valence-electron chi connectivity index (χ3n) is 8.03. The van der Waals surface area contributed by atoms with Crippen molar-refractivity contribution in [3.63, 3.8) is 0 Å². The standard InChI is InChI=1S/C35H34BrN5O2/c36-28-15-17-29(18-16-28)38-35(43)39-32(23-27-24-37-31-14-8-7-13-30(27)31)34(42)41-21-19-40(20-22-41)33(25-9-3-1-4-10-25)26-11-5-2-6-12-26/h1-18,24,32-33,37H,19-23H2,(H2,38,39,43). The van der Waals surface area contributed by atoms with E-state index >= 15 is 0 Å². The summed E-state index contributed by atoms with van der Waals surface area (Å²) in [7, 11) is 0. The molecule has 0 spiro atoms. The summed E-state index contributed by atoms with van der Waals surface area (Å²) in [5.74, 6) is -0.0770. The molecule has 4 aromatic carbocycles. The number of hydrogen-bond acceptors (Lipinski definition) is 3. The lowest BCUT2D eigenvalue weighted by atomic mass is 9.96. The molecule has 1 aliphatic rings. The lowest BCUT2D eigenvalue weighted by Crippen LogP contribution is -2.56. The van der Waals surface area contributed by atoms with Crippen LogP contribution in [0, 0.1) is 0 Å². The molecule has 1 atom stereocenters. The van der Waals surface area contributed by atoms with Gasteiger partial charge in [-0.05, 0) is 47.0 Å². The summed E-state index contributed by atoms with van der Waals surface area (Å²) in [5.41, 5.74) is 5.11. The minimum absolute atomic E-state index is 0.0770. The number of aromatic amines is 1. The number of anilines is 1. The van der Waals surface area contributed by atoms with Gasteiger partial charge in [-0.25, -0.2) is 4.79 Å². The average Bonchev–Trinajstić information content (AvgIpc) is 3.46. The van der Waals surface area contributed by atoms with Crippen molar-refractivity contribution in [3.8, 4) is 0 Å². The highest BCUT2D eigenvalue weighted by Gasteiger charge is 2.32. The highest BCUT2D eigenvalue weighted by atomic mass is 79.9. The number of fused-ring (bicyclic) bond motifs is 1. The Morgan fingerprint density at radius 3 is 2.02 bits per heavy atom. The second-order valence-electron chi connectivity index (χ2n) is 10.8. The maximum atomic E-state index is 14.1. The molecule has 8 heteroatoms. The Bertz CT molecular complexity index is 1630. The molecule has 2 heterocycles. The summed E-state index contributed by atoms with van der Waals surface area (Å²) in [6.07, 6.45) is 2.31. The number of urea groups is 1. The Kier molecular flexibility index (Phi) is 8.86. The molecule has 3 amide bonds. The Labute approximate surface area is 260 Å². The smallest absolute Gasteiger partial charge is 0.319 e. The number of nitrogens with zero attached hydrogens (tertiary/aromatic N) is 2. The average molecular weight is 637 g/mol. The van der Waals surface area contributed by atoms with Gasteiger partial charge in [-0.3, -0.25) is 9.69 Å². The number of para-hydroxylation sites is 1. The van der Waals surface area contributed by atoms with Crippen molar-refractivity contribution >= 4 is 44.5 Å². The Balaban J connectivity index is 1.19. The largest absolute Gasteiger partial charge is 0.361 e. The SMILES string of the molecule is O=C(Nc1ccc(Br)cc1)NC(Cc1c[nH]c2ccccc12)C(=O)N1CCN(C(c2ccccc2)c2ccccc2)CC1. The summed E-state index contributed by atoms with van der Waals surface area (Å²) < 4.78 is 0.923. The fraction of sp³-hybridized carbons (Fsp3) is 0.200. The molecule has 43 heavy (non-hydrogen) atoms. The summed E-state index contributed by atoms with van der Waals surface area (Å²) in [6.45, 7) is 2.61. The fourth-order valence-electron chi connectivity index (χ4n) is 5.88. The first kappa shape index (κ1) is 28.7. The van der Waals surface area contributed by atoms with E-state index in [-0.39, 0.29) is 11.9 Å². The van der Waals surface area contributed by atoms with E-state index in [1.165, 1.54) is 11.1 Å². The number of rotatable bonds is 8. The van der Waals surface area contributed by atoms with Gasteiger partial charge in [0.1, 0.15) is 6.04 Å². The third kappa shape index (κ3) is 6.82. The molecule has 0 aliphatic carbocycles. The molecule has 218 valence electrons. The van der Waals surface area contributed by atoms with E-state index in [1.54, 1.807) is 0 Å². The van der Waals surface area contributed by atoms with Gasteiger partial charge in [-0.1, -0.05) is 94.8 Å². The van der Waals surface area contributed by atoms with Crippen molar-refractivity contribution in [2.45, 2.75) is 18.5 Å². The number of carbonyl (C=O) groups is 2. The van der Waals surface area contributed by atoms with Gasteiger partial charge in [0.05, 0.1) is 6.04 Å². The number of halogens is 1. The monoisotopic (exact) mass is 635 g/mol. The summed E-state index contributed by atoms with van der Waals surface area (Å²) in [4.78, 5) is 34.8. The van der Waals surface area contributed by atoms with Crippen molar-refractivity contribution < 1.29 is 9.59 Å². The van der Waals surface area contributed by atoms with Crippen molar-refractivity contribution in [2.75, 3.05) is 31.5 Å². The lowest BCUT2D eigenvalue weighted by molar-refractivity contribution is -0.135. The van der Waals surface area contributed by atoms with Gasteiger partial charge in [0.2, 0.25) is 5.91 Å². The predicted octanol–water partition coefficient (Wildman–Crippen LogP) is 6.60. The normalized spacial score (nSPS) is 14.5. The zero-order valence-electron chi connectivity index (χ0n) is 23.7. The van der Waals surface area contributed by atoms with Crippen LogP contribution in [0.5, 0.6) is 0 Å². The number of H-pyrrole nitrogens is 1. The van der Waals surface area contributed by atoms with Crippen molar-refractivity contribution in [2.24, 2.45) is 0 Å². The van der Waals surface area contributed by atoms with Gasteiger partial charge in [0, 0.05) is 59.9 Å². The Morgan fingerprint density at radius 1 is 0.767 bits per heavy atom. The number of piperazine rings is 1. The summed E-state index contributed by atoms with van der Waals surface area (Å²) in [6, 6.07) is 35.4. The van der Waals surface area contributed by atoms with E-state index in [2.05, 4.69) is 85.0 Å². The van der Waals surface area contributed by atoms with Crippen LogP contribution >= 0.6 is 15.9 Å². The van der Waals surface area contributed by atoms with E-state index in [0.29, 0.717) is 25.2 Å². The third-order valence-corrected chi connectivity index (χ3v) is 8.55. The zero-order chi connectivity index (χ0) is 29.6. The first-order valence-electron chi connectivity index (χ1n) is 14.6. The molecular weight excluding hydrogens is 602 g/mol. The van der Waals surface area contributed by atoms with Gasteiger partial charge < -0.3 is 20.5 Å². The van der Waals surface area contributed by atoms with Crippen LogP contribution < -0.4 is 10.6 Å². The summed E-state index contributed by atoms with van der Waals surface area (Å²) in [5, 5.41) is 6.91. The van der Waals surface area contributed by atoms with Crippen LogP contribution in [-0.2, 0) is 11.2 Å². The number of carbonyl (C=O) groups excluding carboxylic acids is 2. The Morgan fingerprint density at radius 2 is 1.37 bits per heavy atom. The minimum Gasteiger partial charge on any atom is -0.361 e. The van der Waals surface area contributed by atoms with Crippen LogP contribution in [0.25, 0.3) is 10.9 Å². The highest BCUT2D eigenvalue weighted by Crippen LogP contribution is 2.30. The van der Waals surface area contributed by atoms with Gasteiger partial charge >= 0.3 is 6.03 Å². The molecule has 0 bridgehead atoms. The molecule has 1 aliphatic heterocycles. The Hall–Kier alpha value is -4.40. The van der Waals surface area contributed by atoms with Gasteiger partial charge in [0.25, 0.3) is 0 Å². The van der Waals surface area contributed by atoms with Crippen LogP contribution in [0.4, 0.5) is 10.5 Å². The van der Waals surface area contributed by atoms with Crippen LogP contribution in [-0.4, -0.2) is 58.9 Å². The van der Waals surface area contributed by atoms with E-state index in [9.17, 15) is 9.59 Å². The fourth-order valence-corrected chi connectivity index (χ4v) is 6.15. The van der Waals surface area contributed by atoms with Crippen LogP contribution in [0.3, 0.4) is 0 Å². The molecule has 3 N–H and O–H groups in total. The van der Waals surface area contributed by atoms with E-state index in [4.69, 9.17) is 0 Å². The molecule has 6 rings (SSSR count). The predicted molar refractivity (Wildman–Crippen MR) is 175 cm³/mol. The molecular formula is C35H34BrN5O2. The number of amides is 3. The first-order chi connectivity index (χ1) is 21.0. The second kappa shape index (κ2) is 13.3. The molecule has 1 unspecified atom stereocenters. The van der Waals surface area contributed by atoms with Crippen molar-refractivity contribution in [1.29, 1.82) is 0 Å². The minimum atomic E-state index is -0.722. The van der Waals surface area contributed by atoms with Crippen LogP contribution in [0.15, 0.2) is 120 Å². The maximum Gasteiger partial charge on any atom is 0.319 e. The highest BCUT2D eigenvalue weighted by molar-refractivity contribution is 9.10.